The molecule has 0 saturated heterocycles. The monoisotopic (exact) mass is 342 g/mol. The summed E-state index contributed by atoms with van der Waals surface area (Å²) in [4.78, 5) is 28.4. The number of fused-ring (bicyclic) bond motifs is 1. The van der Waals surface area contributed by atoms with Crippen molar-refractivity contribution >= 4 is 22.8 Å². The number of para-hydroxylation sites is 2. The highest BCUT2D eigenvalue weighted by Crippen LogP contribution is 2.27. The Morgan fingerprint density at radius 2 is 1.84 bits per heavy atom. The standard InChI is InChI=1S/C19H26N4O2/c1-23-16-10-6-5-9-15(16)20-17(23)13-19(25)22-21-18(24)12-11-14-7-3-2-4-8-14/h5-6,9-10,14H,2-4,7-8,11-13H2,1H3,(H,21,24)(H,22,25). The minimum atomic E-state index is -0.260. The van der Waals surface area contributed by atoms with Crippen LogP contribution in [0.1, 0.15) is 50.8 Å². The molecule has 0 aliphatic heterocycles. The number of amides is 2. The molecule has 2 amide bonds. The van der Waals surface area contributed by atoms with E-state index >= 15 is 0 Å². The number of benzene rings is 1. The SMILES string of the molecule is Cn1c(CC(=O)NNC(=O)CCC2CCCCC2)nc2ccccc21. The normalized spacial score (nSPS) is 15.2. The number of hydrogen-bond acceptors (Lipinski definition) is 3. The molecule has 2 N–H and O–H groups in total. The Bertz CT molecular complexity index is 747. The summed E-state index contributed by atoms with van der Waals surface area (Å²) in [6, 6.07) is 7.76. The number of rotatable bonds is 5. The molecule has 1 aromatic heterocycles. The maximum atomic E-state index is 12.1. The first-order chi connectivity index (χ1) is 12.1. The number of nitrogens with one attached hydrogen (secondary N) is 2. The molecular weight excluding hydrogens is 316 g/mol. The summed E-state index contributed by atoms with van der Waals surface area (Å²) in [5.41, 5.74) is 6.87. The molecule has 1 aromatic carbocycles. The fourth-order valence-electron chi connectivity index (χ4n) is 3.55. The third-order valence-electron chi connectivity index (χ3n) is 5.04. The van der Waals surface area contributed by atoms with Crippen LogP contribution in [-0.2, 0) is 23.1 Å². The van der Waals surface area contributed by atoms with Crippen LogP contribution in [0.3, 0.4) is 0 Å². The number of aryl methyl sites for hydroxylation is 1. The van der Waals surface area contributed by atoms with E-state index in [0.29, 0.717) is 18.2 Å². The number of hydrazine groups is 1. The molecule has 1 heterocycles. The molecule has 6 nitrogen and oxygen atoms in total. The van der Waals surface area contributed by atoms with E-state index in [0.717, 1.165) is 17.5 Å². The zero-order valence-corrected chi connectivity index (χ0v) is 14.8. The molecule has 0 spiro atoms. The lowest BCUT2D eigenvalue weighted by molar-refractivity contribution is -0.128. The predicted molar refractivity (Wildman–Crippen MR) is 96.5 cm³/mol. The highest BCUT2D eigenvalue weighted by molar-refractivity contribution is 5.84. The number of nitrogens with zero attached hydrogens (tertiary/aromatic N) is 2. The van der Waals surface area contributed by atoms with Gasteiger partial charge in [0.2, 0.25) is 11.8 Å². The van der Waals surface area contributed by atoms with Crippen LogP contribution in [0.15, 0.2) is 24.3 Å². The molecular formula is C19H26N4O2. The fraction of sp³-hybridized carbons (Fsp3) is 0.526. The van der Waals surface area contributed by atoms with Crippen LogP contribution in [0.25, 0.3) is 11.0 Å². The third kappa shape index (κ3) is 4.59. The zero-order chi connectivity index (χ0) is 17.6. The number of hydrogen-bond donors (Lipinski definition) is 2. The molecule has 1 aliphatic rings. The third-order valence-corrected chi connectivity index (χ3v) is 5.04. The predicted octanol–water partition coefficient (Wildman–Crippen LogP) is 2.62. The van der Waals surface area contributed by atoms with Gasteiger partial charge in [-0.25, -0.2) is 4.98 Å². The highest BCUT2D eigenvalue weighted by Gasteiger charge is 2.16. The molecule has 25 heavy (non-hydrogen) atoms. The lowest BCUT2D eigenvalue weighted by Crippen LogP contribution is -2.42. The molecule has 1 aliphatic carbocycles. The van der Waals surface area contributed by atoms with Gasteiger partial charge in [0, 0.05) is 13.5 Å². The summed E-state index contributed by atoms with van der Waals surface area (Å²) in [6.07, 6.45) is 7.85. The van der Waals surface area contributed by atoms with Crippen LogP contribution in [-0.4, -0.2) is 21.4 Å². The minimum absolute atomic E-state index is 0.121. The van der Waals surface area contributed by atoms with Crippen LogP contribution in [0.2, 0.25) is 0 Å². The summed E-state index contributed by atoms with van der Waals surface area (Å²) in [7, 11) is 1.89. The van der Waals surface area contributed by atoms with Gasteiger partial charge in [0.1, 0.15) is 5.82 Å². The Kier molecular flexibility index (Phi) is 5.68. The Hall–Kier alpha value is -2.37. The highest BCUT2D eigenvalue weighted by atomic mass is 16.2. The van der Waals surface area contributed by atoms with Gasteiger partial charge in [-0.2, -0.15) is 0 Å². The molecule has 134 valence electrons. The van der Waals surface area contributed by atoms with Crippen molar-refractivity contribution in [3.8, 4) is 0 Å². The van der Waals surface area contributed by atoms with E-state index in [-0.39, 0.29) is 18.2 Å². The van der Waals surface area contributed by atoms with Gasteiger partial charge in [-0.1, -0.05) is 44.2 Å². The van der Waals surface area contributed by atoms with Crippen molar-refractivity contribution in [1.82, 2.24) is 20.4 Å². The van der Waals surface area contributed by atoms with Crippen molar-refractivity contribution in [2.45, 2.75) is 51.4 Å². The van der Waals surface area contributed by atoms with Gasteiger partial charge in [-0.3, -0.25) is 20.4 Å². The van der Waals surface area contributed by atoms with E-state index < -0.39 is 0 Å². The van der Waals surface area contributed by atoms with Gasteiger partial charge in [-0.15, -0.1) is 0 Å². The first kappa shape index (κ1) is 17.5. The maximum absolute atomic E-state index is 12.1. The quantitative estimate of drug-likeness (QED) is 0.820. The van der Waals surface area contributed by atoms with Gasteiger partial charge in [0.05, 0.1) is 17.5 Å². The number of carbonyl (C=O) groups is 2. The van der Waals surface area contributed by atoms with Crippen molar-refractivity contribution in [1.29, 1.82) is 0 Å². The summed E-state index contributed by atoms with van der Waals surface area (Å²) < 4.78 is 1.90. The van der Waals surface area contributed by atoms with E-state index in [2.05, 4.69) is 15.8 Å². The van der Waals surface area contributed by atoms with Crippen LogP contribution < -0.4 is 10.9 Å². The van der Waals surface area contributed by atoms with Gasteiger partial charge >= 0.3 is 0 Å². The Morgan fingerprint density at radius 1 is 1.12 bits per heavy atom. The van der Waals surface area contributed by atoms with E-state index in [1.165, 1.54) is 32.1 Å². The van der Waals surface area contributed by atoms with Crippen LogP contribution in [0.5, 0.6) is 0 Å². The van der Waals surface area contributed by atoms with Crippen molar-refractivity contribution in [2.75, 3.05) is 0 Å². The minimum Gasteiger partial charge on any atom is -0.331 e. The van der Waals surface area contributed by atoms with Crippen LogP contribution in [0, 0.1) is 5.92 Å². The average molecular weight is 342 g/mol. The van der Waals surface area contributed by atoms with Gasteiger partial charge in [-0.05, 0) is 24.5 Å². The molecule has 0 radical (unpaired) electrons. The lowest BCUT2D eigenvalue weighted by atomic mass is 9.86. The topological polar surface area (TPSA) is 76.0 Å². The van der Waals surface area contributed by atoms with Gasteiger partial charge in [0.25, 0.3) is 0 Å². The number of carbonyl (C=O) groups excluding carboxylic acids is 2. The van der Waals surface area contributed by atoms with Crippen molar-refractivity contribution in [3.05, 3.63) is 30.1 Å². The summed E-state index contributed by atoms with van der Waals surface area (Å²) in [5, 5.41) is 0. The van der Waals surface area contributed by atoms with Gasteiger partial charge < -0.3 is 4.57 Å². The summed E-state index contributed by atoms with van der Waals surface area (Å²) in [5.74, 6) is 0.957. The molecule has 0 atom stereocenters. The van der Waals surface area contributed by atoms with Crippen LogP contribution >= 0.6 is 0 Å². The molecule has 6 heteroatoms. The fourth-order valence-corrected chi connectivity index (χ4v) is 3.55. The molecule has 0 bridgehead atoms. The molecule has 1 fully saturated rings. The van der Waals surface area contributed by atoms with E-state index in [4.69, 9.17) is 0 Å². The summed E-state index contributed by atoms with van der Waals surface area (Å²) >= 11 is 0. The van der Waals surface area contributed by atoms with Crippen molar-refractivity contribution in [3.63, 3.8) is 0 Å². The second-order valence-electron chi connectivity index (χ2n) is 6.89. The maximum Gasteiger partial charge on any atom is 0.245 e. The number of imidazole rings is 1. The largest absolute Gasteiger partial charge is 0.331 e. The summed E-state index contributed by atoms with van der Waals surface area (Å²) in [6.45, 7) is 0. The molecule has 0 unspecified atom stereocenters. The number of aromatic nitrogens is 2. The Balaban J connectivity index is 1.44. The Morgan fingerprint density at radius 3 is 2.60 bits per heavy atom. The Labute approximate surface area is 148 Å². The van der Waals surface area contributed by atoms with Gasteiger partial charge in [0.15, 0.2) is 0 Å². The molecule has 3 rings (SSSR count). The zero-order valence-electron chi connectivity index (χ0n) is 14.8. The van der Waals surface area contributed by atoms with Crippen molar-refractivity contribution < 1.29 is 9.59 Å². The first-order valence-electron chi connectivity index (χ1n) is 9.11. The second kappa shape index (κ2) is 8.14. The average Bonchev–Trinajstić information content (AvgIpc) is 2.95. The smallest absolute Gasteiger partial charge is 0.245 e. The molecule has 1 saturated carbocycles. The van der Waals surface area contributed by atoms with E-state index in [9.17, 15) is 9.59 Å². The molecule has 2 aromatic rings. The van der Waals surface area contributed by atoms with Crippen LogP contribution in [0.4, 0.5) is 0 Å². The van der Waals surface area contributed by atoms with Crippen molar-refractivity contribution in [2.24, 2.45) is 13.0 Å². The van der Waals surface area contributed by atoms with E-state index in [1.54, 1.807) is 0 Å². The second-order valence-corrected chi connectivity index (χ2v) is 6.89. The van der Waals surface area contributed by atoms with E-state index in [1.807, 2.05) is 35.9 Å². The first-order valence-corrected chi connectivity index (χ1v) is 9.11. The lowest BCUT2D eigenvalue weighted by Gasteiger charge is -2.20.